The Bertz CT molecular complexity index is 590. The van der Waals surface area contributed by atoms with E-state index < -0.39 is 0 Å². The van der Waals surface area contributed by atoms with E-state index in [-0.39, 0.29) is 11.9 Å². The van der Waals surface area contributed by atoms with E-state index in [1.165, 1.54) is 31.0 Å². The molecule has 1 unspecified atom stereocenters. The predicted molar refractivity (Wildman–Crippen MR) is 82.7 cm³/mol. The molecule has 21 heavy (non-hydrogen) atoms. The van der Waals surface area contributed by atoms with Gasteiger partial charge in [0.25, 0.3) is 0 Å². The topological polar surface area (TPSA) is 24.9 Å². The van der Waals surface area contributed by atoms with E-state index in [1.807, 2.05) is 6.92 Å². The maximum absolute atomic E-state index is 14.0. The first-order valence-corrected chi connectivity index (χ1v) is 7.72. The van der Waals surface area contributed by atoms with E-state index in [1.54, 1.807) is 12.3 Å². The van der Waals surface area contributed by atoms with Gasteiger partial charge in [0.1, 0.15) is 5.82 Å². The van der Waals surface area contributed by atoms with Gasteiger partial charge in [0.05, 0.1) is 12.2 Å². The van der Waals surface area contributed by atoms with Crippen LogP contribution in [0, 0.1) is 5.82 Å². The zero-order valence-electron chi connectivity index (χ0n) is 12.3. The summed E-state index contributed by atoms with van der Waals surface area (Å²) in [5.74, 6) is 0.473. The van der Waals surface area contributed by atoms with Crippen molar-refractivity contribution >= 4 is 0 Å². The fourth-order valence-electron chi connectivity index (χ4n) is 2.93. The Labute approximate surface area is 125 Å². The molecule has 3 rings (SSSR count). The Morgan fingerprint density at radius 1 is 1.24 bits per heavy atom. The van der Waals surface area contributed by atoms with Crippen LogP contribution in [0.4, 0.5) is 4.39 Å². The molecule has 1 aromatic heterocycles. The minimum atomic E-state index is -0.258. The highest BCUT2D eigenvalue weighted by Gasteiger charge is 2.21. The van der Waals surface area contributed by atoms with Gasteiger partial charge in [-0.2, -0.15) is 0 Å². The van der Waals surface area contributed by atoms with E-state index in [4.69, 9.17) is 0 Å². The van der Waals surface area contributed by atoms with Gasteiger partial charge in [-0.05, 0) is 42.5 Å². The molecule has 0 radical (unpaired) electrons. The van der Waals surface area contributed by atoms with Crippen LogP contribution >= 0.6 is 0 Å². The first-order valence-electron chi connectivity index (χ1n) is 7.72. The third kappa shape index (κ3) is 2.98. The first kappa shape index (κ1) is 14.2. The average Bonchev–Trinajstić information content (AvgIpc) is 2.45. The number of aromatic nitrogens is 1. The quantitative estimate of drug-likeness (QED) is 0.890. The van der Waals surface area contributed by atoms with Crippen LogP contribution in [-0.2, 0) is 0 Å². The molecule has 1 aromatic carbocycles. The summed E-state index contributed by atoms with van der Waals surface area (Å²) in [5, 5.41) is 3.36. The molecule has 1 fully saturated rings. The van der Waals surface area contributed by atoms with Crippen LogP contribution in [0.15, 0.2) is 42.7 Å². The molecule has 0 saturated heterocycles. The first-order chi connectivity index (χ1) is 10.3. The van der Waals surface area contributed by atoms with Crippen molar-refractivity contribution in [2.75, 3.05) is 6.54 Å². The van der Waals surface area contributed by atoms with Crippen LogP contribution in [-0.4, -0.2) is 11.5 Å². The molecule has 1 aliphatic rings. The molecular formula is C18H21FN2. The van der Waals surface area contributed by atoms with Gasteiger partial charge in [0, 0.05) is 11.8 Å². The lowest BCUT2D eigenvalue weighted by molar-refractivity contribution is 0.419. The molecule has 0 spiro atoms. The molecule has 1 saturated carbocycles. The number of pyridine rings is 1. The van der Waals surface area contributed by atoms with Gasteiger partial charge in [-0.15, -0.1) is 0 Å². The normalized spacial score (nSPS) is 16.5. The van der Waals surface area contributed by atoms with Crippen molar-refractivity contribution in [2.24, 2.45) is 0 Å². The second-order valence-corrected chi connectivity index (χ2v) is 5.68. The Balaban J connectivity index is 1.88. The molecule has 0 bridgehead atoms. The largest absolute Gasteiger partial charge is 0.306 e. The van der Waals surface area contributed by atoms with Crippen molar-refractivity contribution < 1.29 is 4.39 Å². The summed E-state index contributed by atoms with van der Waals surface area (Å²) in [6, 6.07) is 10.3. The summed E-state index contributed by atoms with van der Waals surface area (Å²) in [5.41, 5.74) is 3.17. The highest BCUT2D eigenvalue weighted by atomic mass is 19.1. The van der Waals surface area contributed by atoms with Crippen molar-refractivity contribution in [2.45, 2.75) is 38.1 Å². The van der Waals surface area contributed by atoms with E-state index in [0.29, 0.717) is 5.56 Å². The van der Waals surface area contributed by atoms with Gasteiger partial charge in [-0.3, -0.25) is 4.98 Å². The second-order valence-electron chi connectivity index (χ2n) is 5.68. The van der Waals surface area contributed by atoms with Crippen LogP contribution < -0.4 is 5.32 Å². The van der Waals surface area contributed by atoms with Crippen LogP contribution in [0.25, 0.3) is 0 Å². The minimum absolute atomic E-state index is 0.117. The molecule has 0 amide bonds. The monoisotopic (exact) mass is 284 g/mol. The van der Waals surface area contributed by atoms with Gasteiger partial charge in [0.15, 0.2) is 0 Å². The van der Waals surface area contributed by atoms with Gasteiger partial charge in [0.2, 0.25) is 0 Å². The number of nitrogens with zero attached hydrogens (tertiary/aromatic N) is 1. The molecule has 1 heterocycles. The molecule has 1 N–H and O–H groups in total. The molecule has 2 aromatic rings. The maximum Gasteiger partial charge on any atom is 0.146 e. The van der Waals surface area contributed by atoms with Crippen LogP contribution in [0.2, 0.25) is 0 Å². The van der Waals surface area contributed by atoms with Crippen molar-refractivity contribution in [1.29, 1.82) is 0 Å². The highest BCUT2D eigenvalue weighted by molar-refractivity contribution is 5.34. The number of hydrogen-bond donors (Lipinski definition) is 1. The fraction of sp³-hybridized carbons (Fsp3) is 0.389. The molecule has 3 heteroatoms. The fourth-order valence-corrected chi connectivity index (χ4v) is 2.93. The van der Waals surface area contributed by atoms with E-state index >= 15 is 0 Å². The standard InChI is InChI=1S/C18H21FN2/c1-2-21-18(16-10-11-20-12-17(16)19)15-8-6-14(7-9-15)13-4-3-5-13/h6-13,18,21H,2-5H2,1H3. The Kier molecular flexibility index (Phi) is 4.30. The smallest absolute Gasteiger partial charge is 0.146 e. The lowest BCUT2D eigenvalue weighted by Crippen LogP contribution is -2.23. The molecular weight excluding hydrogens is 263 g/mol. The third-order valence-electron chi connectivity index (χ3n) is 4.37. The number of halogens is 1. The van der Waals surface area contributed by atoms with Crippen molar-refractivity contribution in [3.8, 4) is 0 Å². The van der Waals surface area contributed by atoms with Crippen molar-refractivity contribution in [3.05, 3.63) is 65.2 Å². The zero-order chi connectivity index (χ0) is 14.7. The molecule has 0 aliphatic heterocycles. The van der Waals surface area contributed by atoms with Gasteiger partial charge in [-0.25, -0.2) is 4.39 Å². The maximum atomic E-state index is 14.0. The minimum Gasteiger partial charge on any atom is -0.306 e. The van der Waals surface area contributed by atoms with Gasteiger partial charge < -0.3 is 5.32 Å². The van der Waals surface area contributed by atoms with Crippen molar-refractivity contribution in [3.63, 3.8) is 0 Å². The van der Waals surface area contributed by atoms with Gasteiger partial charge >= 0.3 is 0 Å². The number of nitrogens with one attached hydrogen (secondary N) is 1. The Morgan fingerprint density at radius 2 is 2.00 bits per heavy atom. The molecule has 1 atom stereocenters. The summed E-state index contributed by atoms with van der Waals surface area (Å²) in [7, 11) is 0. The molecule has 110 valence electrons. The Morgan fingerprint density at radius 3 is 2.57 bits per heavy atom. The SMILES string of the molecule is CCNC(c1ccc(C2CCC2)cc1)c1ccncc1F. The summed E-state index contributed by atoms with van der Waals surface area (Å²) in [6.07, 6.45) is 6.87. The molecule has 2 nitrogen and oxygen atoms in total. The second kappa shape index (κ2) is 6.35. The van der Waals surface area contributed by atoms with E-state index in [0.717, 1.165) is 18.0 Å². The van der Waals surface area contributed by atoms with E-state index in [9.17, 15) is 4.39 Å². The third-order valence-corrected chi connectivity index (χ3v) is 4.37. The lowest BCUT2D eigenvalue weighted by atomic mass is 9.79. The highest BCUT2D eigenvalue weighted by Crippen LogP contribution is 2.36. The number of hydrogen-bond acceptors (Lipinski definition) is 2. The Hall–Kier alpha value is -1.74. The summed E-state index contributed by atoms with van der Waals surface area (Å²) in [6.45, 7) is 2.83. The summed E-state index contributed by atoms with van der Waals surface area (Å²) >= 11 is 0. The number of rotatable bonds is 5. The van der Waals surface area contributed by atoms with Crippen LogP contribution in [0.5, 0.6) is 0 Å². The van der Waals surface area contributed by atoms with Crippen molar-refractivity contribution in [1.82, 2.24) is 10.3 Å². The summed E-state index contributed by atoms with van der Waals surface area (Å²) in [4.78, 5) is 3.83. The molecule has 1 aliphatic carbocycles. The van der Waals surface area contributed by atoms with Crippen LogP contribution in [0.3, 0.4) is 0 Å². The lowest BCUT2D eigenvalue weighted by Gasteiger charge is -2.26. The van der Waals surface area contributed by atoms with E-state index in [2.05, 4.69) is 34.6 Å². The van der Waals surface area contributed by atoms with Crippen LogP contribution in [0.1, 0.15) is 54.8 Å². The zero-order valence-corrected chi connectivity index (χ0v) is 12.3. The number of benzene rings is 1. The predicted octanol–water partition coefficient (Wildman–Crippen LogP) is 4.19. The van der Waals surface area contributed by atoms with Gasteiger partial charge in [-0.1, -0.05) is 37.6 Å². The average molecular weight is 284 g/mol. The summed E-state index contributed by atoms with van der Waals surface area (Å²) < 4.78 is 14.0.